The molecule has 0 bridgehead atoms. The number of H-pyrrole nitrogens is 1. The van der Waals surface area contributed by atoms with Crippen LogP contribution in [0, 0.1) is 22.7 Å². The molecule has 11 nitrogen and oxygen atoms in total. The third-order valence-corrected chi connectivity index (χ3v) is 7.09. The highest BCUT2D eigenvalue weighted by atomic mass is 16.5. The first-order valence-corrected chi connectivity index (χ1v) is 13.9. The zero-order chi connectivity index (χ0) is 32.0. The number of fused-ring (bicyclic) bond motifs is 2. The Morgan fingerprint density at radius 1 is 0.978 bits per heavy atom. The molecule has 0 unspecified atom stereocenters. The number of nitrogens with zero attached hydrogens (tertiary/aromatic N) is 3. The molecule has 6 rings (SSSR count). The quantitative estimate of drug-likeness (QED) is 0.157. The van der Waals surface area contributed by atoms with E-state index in [4.69, 9.17) is 29.8 Å². The van der Waals surface area contributed by atoms with Gasteiger partial charge in [-0.15, -0.1) is 0 Å². The van der Waals surface area contributed by atoms with Gasteiger partial charge in [0.1, 0.15) is 6.10 Å². The van der Waals surface area contributed by atoms with Crippen molar-refractivity contribution < 1.29 is 24.5 Å². The fourth-order valence-corrected chi connectivity index (χ4v) is 5.05. The van der Waals surface area contributed by atoms with E-state index in [-0.39, 0.29) is 25.1 Å². The maximum Gasteiger partial charge on any atom is 0.290 e. The van der Waals surface area contributed by atoms with Crippen LogP contribution in [-0.2, 0) is 16.0 Å². The molecule has 2 atom stereocenters. The Bertz CT molecular complexity index is 1800. The van der Waals surface area contributed by atoms with Crippen LogP contribution in [0.5, 0.6) is 5.88 Å². The van der Waals surface area contributed by atoms with Crippen molar-refractivity contribution in [3.8, 4) is 29.3 Å². The lowest BCUT2D eigenvalue weighted by molar-refractivity contribution is -0.123. The van der Waals surface area contributed by atoms with E-state index in [9.17, 15) is 5.26 Å². The van der Waals surface area contributed by atoms with Crippen molar-refractivity contribution in [2.24, 2.45) is 0 Å². The molecule has 0 amide bonds. The Labute approximate surface area is 259 Å². The number of aromatic amines is 1. The third-order valence-electron chi connectivity index (χ3n) is 7.09. The minimum Gasteiger partial charge on any atom is -0.483 e. The second kappa shape index (κ2) is 15.9. The Balaban J connectivity index is 0.000000713. The molecule has 226 valence electrons. The molecule has 0 aliphatic carbocycles. The van der Waals surface area contributed by atoms with E-state index in [0.717, 1.165) is 46.4 Å². The zero-order valence-corrected chi connectivity index (χ0v) is 24.1. The predicted octanol–water partition coefficient (Wildman–Crippen LogP) is 5.12. The van der Waals surface area contributed by atoms with E-state index in [2.05, 4.69) is 44.9 Å². The van der Waals surface area contributed by atoms with E-state index in [1.807, 2.05) is 72.8 Å². The number of anilines is 1. The molecule has 0 radical (unpaired) electrons. The summed E-state index contributed by atoms with van der Waals surface area (Å²) in [6.07, 6.45) is 2.48. The Morgan fingerprint density at radius 3 is 2.40 bits per heavy atom. The summed E-state index contributed by atoms with van der Waals surface area (Å²) in [6.45, 7) is 0.877. The number of hydrogen-bond acceptors (Lipinski definition) is 8. The lowest BCUT2D eigenvalue weighted by Crippen LogP contribution is -2.43. The molecule has 11 heteroatoms. The van der Waals surface area contributed by atoms with Crippen molar-refractivity contribution in [1.29, 1.82) is 10.5 Å². The van der Waals surface area contributed by atoms with Gasteiger partial charge in [0.2, 0.25) is 5.88 Å². The van der Waals surface area contributed by atoms with Crippen molar-refractivity contribution in [2.45, 2.75) is 18.6 Å². The molecule has 5 aromatic rings. The molecule has 0 fully saturated rings. The molecular weight excluding hydrogens is 572 g/mol. The third kappa shape index (κ3) is 8.02. The van der Waals surface area contributed by atoms with Crippen LogP contribution < -0.4 is 15.4 Å². The number of nitriles is 2. The summed E-state index contributed by atoms with van der Waals surface area (Å²) < 4.78 is 6.44. The SMILES string of the molecule is N#Cc1ccc(CCN[C@H](c2ccccc2)[C@@H]2CNc3cc(-c4cc5c(C#N)cccc5[nH]4)cnc3O2)cc1.O=CO.O=CO. The molecule has 3 aromatic carbocycles. The van der Waals surface area contributed by atoms with Crippen LogP contribution in [0.25, 0.3) is 22.2 Å². The van der Waals surface area contributed by atoms with Crippen LogP contribution >= 0.6 is 0 Å². The van der Waals surface area contributed by atoms with Gasteiger partial charge in [0.15, 0.2) is 0 Å². The molecule has 1 aliphatic rings. The predicted molar refractivity (Wildman–Crippen MR) is 169 cm³/mol. The van der Waals surface area contributed by atoms with Gasteiger partial charge in [0.25, 0.3) is 12.9 Å². The van der Waals surface area contributed by atoms with Crippen molar-refractivity contribution in [3.63, 3.8) is 0 Å². The zero-order valence-electron chi connectivity index (χ0n) is 24.1. The van der Waals surface area contributed by atoms with Gasteiger partial charge in [0.05, 0.1) is 41.5 Å². The van der Waals surface area contributed by atoms with E-state index >= 15 is 0 Å². The van der Waals surface area contributed by atoms with Crippen molar-refractivity contribution >= 4 is 29.5 Å². The summed E-state index contributed by atoms with van der Waals surface area (Å²) in [5.74, 6) is 0.568. The number of pyridine rings is 1. The number of carbonyl (C=O) groups is 2. The molecular formula is C34H30N6O5. The van der Waals surface area contributed by atoms with Gasteiger partial charge in [-0.2, -0.15) is 10.5 Å². The van der Waals surface area contributed by atoms with E-state index in [1.165, 1.54) is 5.56 Å². The minimum absolute atomic E-state index is 0.0372. The number of carboxylic acid groups (broad SMARTS) is 2. The number of rotatable bonds is 7. The van der Waals surface area contributed by atoms with Crippen LogP contribution in [0.4, 0.5) is 5.69 Å². The summed E-state index contributed by atoms with van der Waals surface area (Å²) in [4.78, 5) is 24.8. The Morgan fingerprint density at radius 2 is 1.71 bits per heavy atom. The first-order chi connectivity index (χ1) is 22.0. The Kier molecular flexibility index (Phi) is 11.2. The van der Waals surface area contributed by atoms with Gasteiger partial charge in [-0.05, 0) is 60.5 Å². The number of benzene rings is 3. The summed E-state index contributed by atoms with van der Waals surface area (Å²) in [5.41, 5.74) is 7.22. The monoisotopic (exact) mass is 602 g/mol. The highest BCUT2D eigenvalue weighted by Crippen LogP contribution is 2.35. The molecule has 5 N–H and O–H groups in total. The van der Waals surface area contributed by atoms with Crippen LogP contribution in [0.15, 0.2) is 91.1 Å². The highest BCUT2D eigenvalue weighted by Gasteiger charge is 2.29. The smallest absolute Gasteiger partial charge is 0.290 e. The van der Waals surface area contributed by atoms with Crippen molar-refractivity contribution in [1.82, 2.24) is 15.3 Å². The van der Waals surface area contributed by atoms with Gasteiger partial charge in [-0.3, -0.25) is 9.59 Å². The fraction of sp³-hybridized carbons (Fsp3) is 0.147. The first kappa shape index (κ1) is 31.8. The molecule has 0 saturated heterocycles. The molecule has 2 aromatic heterocycles. The lowest BCUT2D eigenvalue weighted by atomic mass is 9.99. The summed E-state index contributed by atoms with van der Waals surface area (Å²) in [6, 6.07) is 32.1. The van der Waals surface area contributed by atoms with Gasteiger partial charge in [0, 0.05) is 28.4 Å². The van der Waals surface area contributed by atoms with Crippen LogP contribution in [0.1, 0.15) is 28.3 Å². The van der Waals surface area contributed by atoms with Crippen LogP contribution in [0.2, 0.25) is 0 Å². The van der Waals surface area contributed by atoms with Gasteiger partial charge < -0.3 is 30.6 Å². The number of aromatic nitrogens is 2. The Hall–Kier alpha value is -6.17. The number of nitrogens with one attached hydrogen (secondary N) is 3. The second-order valence-corrected chi connectivity index (χ2v) is 9.79. The molecule has 1 aliphatic heterocycles. The summed E-state index contributed by atoms with van der Waals surface area (Å²) in [5, 5.41) is 40.4. The highest BCUT2D eigenvalue weighted by molar-refractivity contribution is 5.90. The van der Waals surface area contributed by atoms with Gasteiger partial charge in [-0.25, -0.2) is 4.98 Å². The first-order valence-electron chi connectivity index (χ1n) is 13.9. The largest absolute Gasteiger partial charge is 0.483 e. The lowest BCUT2D eigenvalue weighted by Gasteiger charge is -2.33. The second-order valence-electron chi connectivity index (χ2n) is 9.79. The topological polar surface area (TPSA) is 184 Å². The summed E-state index contributed by atoms with van der Waals surface area (Å²) >= 11 is 0. The van der Waals surface area contributed by atoms with E-state index in [1.54, 1.807) is 6.20 Å². The maximum absolute atomic E-state index is 9.44. The van der Waals surface area contributed by atoms with Gasteiger partial charge in [-0.1, -0.05) is 48.5 Å². The molecule has 3 heterocycles. The van der Waals surface area contributed by atoms with E-state index in [0.29, 0.717) is 23.6 Å². The fourth-order valence-electron chi connectivity index (χ4n) is 5.05. The average Bonchev–Trinajstić information content (AvgIpc) is 3.53. The van der Waals surface area contributed by atoms with Gasteiger partial charge >= 0.3 is 0 Å². The van der Waals surface area contributed by atoms with Crippen molar-refractivity contribution in [3.05, 3.63) is 113 Å². The normalized spacial score (nSPS) is 13.4. The number of hydrogen-bond donors (Lipinski definition) is 5. The standard InChI is InChI=1S/C32H26N6O.2CH2O2/c33-17-22-11-9-21(10-12-22)13-14-35-31(23-5-2-1-3-6-23)30-20-36-29-15-25(19-37-32(29)39-30)28-16-26-24(18-34)7-4-8-27(26)38-28;2*2-1-3/h1-12,15-16,19,30-31,35-36,38H,13-14,20H2;2*1H,(H,2,3)/t30-,31+;;/m0../s1. The van der Waals surface area contributed by atoms with Crippen LogP contribution in [-0.4, -0.2) is 52.3 Å². The van der Waals surface area contributed by atoms with E-state index < -0.39 is 0 Å². The molecule has 0 spiro atoms. The van der Waals surface area contributed by atoms with Crippen molar-refractivity contribution in [2.75, 3.05) is 18.4 Å². The van der Waals surface area contributed by atoms with Crippen LogP contribution in [0.3, 0.4) is 0 Å². The maximum atomic E-state index is 9.44. The molecule has 0 saturated carbocycles. The molecule has 45 heavy (non-hydrogen) atoms. The average molecular weight is 603 g/mol. The summed E-state index contributed by atoms with van der Waals surface area (Å²) in [7, 11) is 0. The number of ether oxygens (including phenoxy) is 1. The minimum atomic E-state index is -0.250.